The maximum Gasteiger partial charge on any atom is 0.408 e. The topological polar surface area (TPSA) is 180 Å². The summed E-state index contributed by atoms with van der Waals surface area (Å²) in [5.74, 6) is -2.07. The lowest BCUT2D eigenvalue weighted by atomic mass is 10.0. The summed E-state index contributed by atoms with van der Waals surface area (Å²) in [5, 5.41) is 17.3. The number of ketones is 1. The fourth-order valence-electron chi connectivity index (χ4n) is 4.75. The monoisotopic (exact) mass is 651 g/mol. The van der Waals surface area contributed by atoms with Gasteiger partial charge in [0.1, 0.15) is 18.7 Å². The summed E-state index contributed by atoms with van der Waals surface area (Å²) in [6.45, 7) is 3.83. The first kappa shape index (κ1) is 36.7. The van der Waals surface area contributed by atoms with E-state index in [0.29, 0.717) is 11.1 Å². The molecule has 250 valence electrons. The van der Waals surface area contributed by atoms with E-state index >= 15 is 0 Å². The largest absolute Gasteiger partial charge is 0.445 e. The van der Waals surface area contributed by atoms with E-state index in [2.05, 4.69) is 16.0 Å². The Kier molecular flexibility index (Phi) is 14.6. The second-order valence-electron chi connectivity index (χ2n) is 11.7. The minimum atomic E-state index is -1.07. The second kappa shape index (κ2) is 19.0. The van der Waals surface area contributed by atoms with Gasteiger partial charge in [0.2, 0.25) is 17.7 Å². The maximum absolute atomic E-state index is 13.7. The highest BCUT2D eigenvalue weighted by Gasteiger charge is 2.29. The zero-order chi connectivity index (χ0) is 34.9. The molecule has 0 unspecified atom stereocenters. The van der Waals surface area contributed by atoms with Crippen molar-refractivity contribution in [2.24, 2.45) is 11.7 Å². The van der Waals surface area contributed by atoms with Gasteiger partial charge in [0, 0.05) is 24.4 Å². The van der Waals surface area contributed by atoms with E-state index in [1.54, 1.807) is 0 Å². The van der Waals surface area contributed by atoms with Crippen molar-refractivity contribution in [3.05, 3.63) is 119 Å². The molecular formula is C37H41N5O6. The van der Waals surface area contributed by atoms with Crippen molar-refractivity contribution < 1.29 is 28.7 Å². The third-order valence-corrected chi connectivity index (χ3v) is 7.25. The molecule has 3 aromatic rings. The second-order valence-corrected chi connectivity index (χ2v) is 11.7. The molecule has 0 aliphatic rings. The average Bonchev–Trinajstić information content (AvgIpc) is 3.08. The van der Waals surface area contributed by atoms with Crippen LogP contribution in [0.1, 0.15) is 60.2 Å². The van der Waals surface area contributed by atoms with Crippen LogP contribution in [0.3, 0.4) is 0 Å². The molecule has 0 aliphatic carbocycles. The van der Waals surface area contributed by atoms with E-state index in [4.69, 9.17) is 15.7 Å². The van der Waals surface area contributed by atoms with Crippen molar-refractivity contribution in [1.82, 2.24) is 16.0 Å². The SMILES string of the molecule is CC(C)C[C@H](NC(=O)OCc1ccccc1)C(=O)N[C@@H](Cc1ccccc1)C(=O)N[C@H](/C=C/C(=O)c1ccc(C#N)cc1)CCC(N)=O. The van der Waals surface area contributed by atoms with Crippen molar-refractivity contribution >= 4 is 29.6 Å². The summed E-state index contributed by atoms with van der Waals surface area (Å²) >= 11 is 0. The Bertz CT molecular complexity index is 1600. The fraction of sp³-hybridized carbons (Fsp3) is 0.297. The Hall–Kier alpha value is -5.76. The molecule has 5 N–H and O–H groups in total. The van der Waals surface area contributed by atoms with E-state index in [-0.39, 0.29) is 44.0 Å². The van der Waals surface area contributed by atoms with E-state index in [1.165, 1.54) is 36.4 Å². The minimum Gasteiger partial charge on any atom is -0.445 e. The van der Waals surface area contributed by atoms with Crippen LogP contribution >= 0.6 is 0 Å². The summed E-state index contributed by atoms with van der Waals surface area (Å²) in [7, 11) is 0. The molecule has 0 spiro atoms. The van der Waals surface area contributed by atoms with E-state index in [0.717, 1.165) is 11.1 Å². The van der Waals surface area contributed by atoms with Crippen molar-refractivity contribution in [3.63, 3.8) is 0 Å². The number of hydrogen-bond acceptors (Lipinski definition) is 7. The van der Waals surface area contributed by atoms with Gasteiger partial charge in [-0.25, -0.2) is 4.79 Å². The van der Waals surface area contributed by atoms with Crippen LogP contribution in [-0.2, 0) is 32.1 Å². The summed E-state index contributed by atoms with van der Waals surface area (Å²) in [5.41, 5.74) is 7.67. The number of hydrogen-bond donors (Lipinski definition) is 4. The first-order valence-corrected chi connectivity index (χ1v) is 15.7. The first-order chi connectivity index (χ1) is 23.0. The number of carbonyl (C=O) groups excluding carboxylic acids is 5. The van der Waals surface area contributed by atoms with Crippen molar-refractivity contribution in [3.8, 4) is 6.07 Å². The molecule has 3 aromatic carbocycles. The quantitative estimate of drug-likeness (QED) is 0.125. The third kappa shape index (κ3) is 12.9. The number of benzene rings is 3. The van der Waals surface area contributed by atoms with Crippen LogP contribution in [0.25, 0.3) is 0 Å². The van der Waals surface area contributed by atoms with Gasteiger partial charge in [-0.2, -0.15) is 5.26 Å². The molecule has 0 aromatic heterocycles. The molecule has 0 saturated heterocycles. The standard InChI is InChI=1S/C37H41N5O6/c1-25(2)21-31(42-37(47)48-24-28-11-7-4-8-12-28)36(46)41-32(22-26-9-5-3-6-10-26)35(45)40-30(18-20-34(39)44)17-19-33(43)29-15-13-27(23-38)14-16-29/h3-17,19,25,30-32H,18,20-22,24H2,1-2H3,(H2,39,44)(H,40,45)(H,41,46)(H,42,47)/b19-17+/t30-,31+,32+/m1/s1. The molecule has 11 nitrogen and oxygen atoms in total. The molecule has 48 heavy (non-hydrogen) atoms. The minimum absolute atomic E-state index is 0.0218. The lowest BCUT2D eigenvalue weighted by Crippen LogP contribution is -2.55. The number of nitrogens with one attached hydrogen (secondary N) is 3. The van der Waals surface area contributed by atoms with Gasteiger partial charge in [0.05, 0.1) is 11.6 Å². The van der Waals surface area contributed by atoms with Crippen LogP contribution in [0.15, 0.2) is 97.1 Å². The molecular weight excluding hydrogens is 610 g/mol. The third-order valence-electron chi connectivity index (χ3n) is 7.25. The number of alkyl carbamates (subject to hydrolysis) is 1. The highest BCUT2D eigenvalue weighted by molar-refractivity contribution is 6.04. The maximum atomic E-state index is 13.7. The number of nitrogens with two attached hydrogens (primary N) is 1. The normalized spacial score (nSPS) is 12.7. The van der Waals surface area contributed by atoms with Crippen LogP contribution in [-0.4, -0.2) is 47.7 Å². The van der Waals surface area contributed by atoms with Gasteiger partial charge in [-0.05, 0) is 60.2 Å². The van der Waals surface area contributed by atoms with E-state index < -0.39 is 41.9 Å². The predicted octanol–water partition coefficient (Wildman–Crippen LogP) is 4.12. The number of ether oxygens (including phenoxy) is 1. The van der Waals surface area contributed by atoms with E-state index in [1.807, 2.05) is 80.6 Å². The van der Waals surface area contributed by atoms with Gasteiger partial charge in [-0.15, -0.1) is 0 Å². The van der Waals surface area contributed by atoms with Gasteiger partial charge < -0.3 is 26.4 Å². The Balaban J connectivity index is 1.77. The molecule has 0 fully saturated rings. The number of rotatable bonds is 17. The molecule has 4 amide bonds. The Morgan fingerprint density at radius 3 is 2.00 bits per heavy atom. The molecule has 0 bridgehead atoms. The lowest BCUT2D eigenvalue weighted by molar-refractivity contribution is -0.130. The number of allylic oxidation sites excluding steroid dienone is 1. The van der Waals surface area contributed by atoms with Gasteiger partial charge in [0.25, 0.3) is 0 Å². The van der Waals surface area contributed by atoms with E-state index in [9.17, 15) is 24.0 Å². The Labute approximate surface area is 280 Å². The number of amides is 4. The molecule has 3 rings (SSSR count). The highest BCUT2D eigenvalue weighted by Crippen LogP contribution is 2.11. The summed E-state index contributed by atoms with van der Waals surface area (Å²) in [4.78, 5) is 64.4. The number of carbonyl (C=O) groups is 5. The van der Waals surface area contributed by atoms with Crippen LogP contribution in [0.5, 0.6) is 0 Å². The molecule has 0 heterocycles. The summed E-state index contributed by atoms with van der Waals surface area (Å²) in [6, 6.07) is 23.4. The molecule has 11 heteroatoms. The summed E-state index contributed by atoms with van der Waals surface area (Å²) < 4.78 is 5.33. The van der Waals surface area contributed by atoms with Gasteiger partial charge in [0.15, 0.2) is 5.78 Å². The summed E-state index contributed by atoms with van der Waals surface area (Å²) in [6.07, 6.45) is 2.43. The molecule has 0 aliphatic heterocycles. The van der Waals surface area contributed by atoms with Crippen molar-refractivity contribution in [2.75, 3.05) is 0 Å². The van der Waals surface area contributed by atoms with Crippen molar-refractivity contribution in [1.29, 1.82) is 5.26 Å². The van der Waals surface area contributed by atoms with Crippen LogP contribution < -0.4 is 21.7 Å². The number of nitriles is 1. The highest BCUT2D eigenvalue weighted by atomic mass is 16.5. The fourth-order valence-corrected chi connectivity index (χ4v) is 4.75. The zero-order valence-corrected chi connectivity index (χ0v) is 27.1. The molecule has 3 atom stereocenters. The van der Waals surface area contributed by atoms with Gasteiger partial charge >= 0.3 is 6.09 Å². The molecule has 0 saturated carbocycles. The number of primary amides is 1. The van der Waals surface area contributed by atoms with Crippen LogP contribution in [0.2, 0.25) is 0 Å². The zero-order valence-electron chi connectivity index (χ0n) is 27.1. The predicted molar refractivity (Wildman–Crippen MR) is 180 cm³/mol. The van der Waals surface area contributed by atoms with Crippen molar-refractivity contribution in [2.45, 2.75) is 64.3 Å². The lowest BCUT2D eigenvalue weighted by Gasteiger charge is -2.25. The van der Waals surface area contributed by atoms with Gasteiger partial charge in [-0.3, -0.25) is 19.2 Å². The van der Waals surface area contributed by atoms with Gasteiger partial charge in [-0.1, -0.05) is 80.6 Å². The van der Waals surface area contributed by atoms with Crippen LogP contribution in [0.4, 0.5) is 4.79 Å². The average molecular weight is 652 g/mol. The number of nitrogens with zero attached hydrogens (tertiary/aromatic N) is 1. The smallest absolute Gasteiger partial charge is 0.408 e. The Morgan fingerprint density at radius 2 is 1.42 bits per heavy atom. The van der Waals surface area contributed by atoms with Crippen LogP contribution in [0, 0.1) is 17.2 Å². The molecule has 0 radical (unpaired) electrons. The first-order valence-electron chi connectivity index (χ1n) is 15.7. The Morgan fingerprint density at radius 1 is 0.812 bits per heavy atom.